The molecule has 2 fully saturated rings. The number of hydrogen-bond acceptors (Lipinski definition) is 4. The van der Waals surface area contributed by atoms with Crippen molar-refractivity contribution in [2.45, 2.75) is 58.0 Å². The molecule has 6 heteroatoms. The molecule has 0 aliphatic carbocycles. The van der Waals surface area contributed by atoms with Crippen molar-refractivity contribution in [2.24, 2.45) is 0 Å². The molecule has 0 bridgehead atoms. The summed E-state index contributed by atoms with van der Waals surface area (Å²) in [6.07, 6.45) is 4.35. The maximum Gasteiger partial charge on any atom is 0.255 e. The summed E-state index contributed by atoms with van der Waals surface area (Å²) in [5.74, 6) is -0.312. The monoisotopic (exact) mass is 449 g/mol. The predicted molar refractivity (Wildman–Crippen MR) is 132 cm³/mol. The van der Waals surface area contributed by atoms with Crippen LogP contribution in [-0.4, -0.2) is 44.2 Å². The van der Waals surface area contributed by atoms with E-state index in [9.17, 15) is 9.59 Å². The van der Waals surface area contributed by atoms with Crippen LogP contribution in [0.3, 0.4) is 0 Å². The fraction of sp³-hybridized carbons (Fsp3) is 0.481. The van der Waals surface area contributed by atoms with Crippen molar-refractivity contribution >= 4 is 23.2 Å². The Morgan fingerprint density at radius 2 is 1.73 bits per heavy atom. The van der Waals surface area contributed by atoms with Crippen LogP contribution in [0, 0.1) is 0 Å². The summed E-state index contributed by atoms with van der Waals surface area (Å²) in [5.41, 5.74) is 3.94. The Balaban J connectivity index is 1.51. The molecule has 0 saturated carbocycles. The Morgan fingerprint density at radius 1 is 1.00 bits per heavy atom. The van der Waals surface area contributed by atoms with E-state index >= 15 is 0 Å². The molecule has 2 saturated heterocycles. The Kier molecular flexibility index (Phi) is 7.03. The van der Waals surface area contributed by atoms with Gasteiger partial charge in [0, 0.05) is 43.2 Å². The Morgan fingerprint density at radius 3 is 2.36 bits per heavy atom. The number of rotatable bonds is 6. The number of hydrogen-bond donors (Lipinski definition) is 2. The molecule has 0 spiro atoms. The fourth-order valence-corrected chi connectivity index (χ4v) is 4.46. The van der Waals surface area contributed by atoms with Crippen LogP contribution in [-0.2, 0) is 10.2 Å². The predicted octanol–water partition coefficient (Wildman–Crippen LogP) is 4.75. The maximum atomic E-state index is 13.1. The lowest BCUT2D eigenvalue weighted by molar-refractivity contribution is 0.0858. The zero-order valence-electron chi connectivity index (χ0n) is 19.9. The van der Waals surface area contributed by atoms with Crippen LogP contribution in [0.5, 0.6) is 0 Å². The van der Waals surface area contributed by atoms with Crippen LogP contribution in [0.1, 0.15) is 72.7 Å². The van der Waals surface area contributed by atoms with Gasteiger partial charge < -0.3 is 20.3 Å². The number of amides is 2. The van der Waals surface area contributed by atoms with Gasteiger partial charge in [0.15, 0.2) is 0 Å². The van der Waals surface area contributed by atoms with Gasteiger partial charge in [-0.3, -0.25) is 9.59 Å². The first kappa shape index (κ1) is 23.3. The molecule has 1 atom stereocenters. The second kappa shape index (κ2) is 9.96. The number of anilines is 2. The lowest BCUT2D eigenvalue weighted by atomic mass is 9.87. The molecule has 4 rings (SSSR count). The van der Waals surface area contributed by atoms with Crippen molar-refractivity contribution in [2.75, 3.05) is 36.5 Å². The first-order chi connectivity index (χ1) is 15.8. The molecule has 2 N–H and O–H groups in total. The number of nitrogens with one attached hydrogen (secondary N) is 2. The molecule has 0 aromatic heterocycles. The number of carbonyl (C=O) groups is 2. The normalized spacial score (nSPS) is 18.4. The standard InChI is InChI=1S/C27H35N3O3/c1-27(2,3)20-10-8-19(9-11-20)25(31)29-21-12-13-24(30-14-4-5-15-30)23(17-21)26(32)28-18-22-7-6-16-33-22/h8-13,17,22H,4-7,14-16,18H2,1-3H3,(H,28,32)(H,29,31). The molecular formula is C27H35N3O3. The molecule has 2 amide bonds. The van der Waals surface area contributed by atoms with Crippen LogP contribution in [0.15, 0.2) is 42.5 Å². The van der Waals surface area contributed by atoms with Crippen molar-refractivity contribution in [3.8, 4) is 0 Å². The van der Waals surface area contributed by atoms with Crippen LogP contribution in [0.4, 0.5) is 11.4 Å². The van der Waals surface area contributed by atoms with Crippen LogP contribution in [0.2, 0.25) is 0 Å². The van der Waals surface area contributed by atoms with Gasteiger partial charge in [-0.2, -0.15) is 0 Å². The van der Waals surface area contributed by atoms with Gasteiger partial charge in [0.25, 0.3) is 11.8 Å². The van der Waals surface area contributed by atoms with Gasteiger partial charge in [0.05, 0.1) is 11.7 Å². The molecule has 2 aliphatic heterocycles. The zero-order valence-corrected chi connectivity index (χ0v) is 19.9. The van der Waals surface area contributed by atoms with E-state index in [4.69, 9.17) is 4.74 Å². The summed E-state index contributed by atoms with van der Waals surface area (Å²) in [4.78, 5) is 28.2. The molecule has 6 nitrogen and oxygen atoms in total. The summed E-state index contributed by atoms with van der Waals surface area (Å²) >= 11 is 0. The molecule has 33 heavy (non-hydrogen) atoms. The minimum atomic E-state index is -0.185. The van der Waals surface area contributed by atoms with Gasteiger partial charge in [-0.25, -0.2) is 0 Å². The summed E-state index contributed by atoms with van der Waals surface area (Å²) in [6.45, 7) is 9.60. The summed E-state index contributed by atoms with van der Waals surface area (Å²) in [7, 11) is 0. The summed E-state index contributed by atoms with van der Waals surface area (Å²) in [5, 5.41) is 6.00. The molecule has 2 aromatic carbocycles. The highest BCUT2D eigenvalue weighted by atomic mass is 16.5. The van der Waals surface area contributed by atoms with E-state index in [-0.39, 0.29) is 23.3 Å². The fourth-order valence-electron chi connectivity index (χ4n) is 4.46. The zero-order chi connectivity index (χ0) is 23.4. The second-order valence-electron chi connectivity index (χ2n) is 10.1. The molecule has 2 heterocycles. The first-order valence-electron chi connectivity index (χ1n) is 12.0. The largest absolute Gasteiger partial charge is 0.376 e. The van der Waals surface area contributed by atoms with Crippen molar-refractivity contribution in [1.29, 1.82) is 0 Å². The minimum absolute atomic E-state index is 0.0339. The van der Waals surface area contributed by atoms with Gasteiger partial charge in [0.2, 0.25) is 0 Å². The van der Waals surface area contributed by atoms with Gasteiger partial charge in [-0.15, -0.1) is 0 Å². The van der Waals surface area contributed by atoms with Crippen LogP contribution >= 0.6 is 0 Å². The van der Waals surface area contributed by atoms with E-state index in [1.54, 1.807) is 6.07 Å². The average Bonchev–Trinajstić information content (AvgIpc) is 3.51. The molecule has 2 aliphatic rings. The highest BCUT2D eigenvalue weighted by molar-refractivity contribution is 6.06. The number of nitrogens with zero attached hydrogens (tertiary/aromatic N) is 1. The maximum absolute atomic E-state index is 13.1. The third-order valence-electron chi connectivity index (χ3n) is 6.47. The molecule has 0 radical (unpaired) electrons. The lowest BCUT2D eigenvalue weighted by Gasteiger charge is -2.22. The van der Waals surface area contributed by atoms with Crippen molar-refractivity contribution in [3.63, 3.8) is 0 Å². The van der Waals surface area contributed by atoms with Crippen LogP contribution in [0.25, 0.3) is 0 Å². The number of carbonyl (C=O) groups excluding carboxylic acids is 2. The Labute approximate surface area is 196 Å². The highest BCUT2D eigenvalue weighted by Crippen LogP contribution is 2.28. The highest BCUT2D eigenvalue weighted by Gasteiger charge is 2.22. The van der Waals surface area contributed by atoms with Crippen molar-refractivity contribution in [1.82, 2.24) is 5.32 Å². The third-order valence-corrected chi connectivity index (χ3v) is 6.47. The van der Waals surface area contributed by atoms with Crippen molar-refractivity contribution < 1.29 is 14.3 Å². The first-order valence-corrected chi connectivity index (χ1v) is 12.0. The molecule has 1 unspecified atom stereocenters. The minimum Gasteiger partial charge on any atom is -0.376 e. The quantitative estimate of drug-likeness (QED) is 0.668. The summed E-state index contributed by atoms with van der Waals surface area (Å²) < 4.78 is 5.64. The topological polar surface area (TPSA) is 70.7 Å². The van der Waals surface area contributed by atoms with Gasteiger partial charge >= 0.3 is 0 Å². The number of ether oxygens (including phenoxy) is 1. The smallest absolute Gasteiger partial charge is 0.255 e. The second-order valence-corrected chi connectivity index (χ2v) is 10.1. The van der Waals surface area contributed by atoms with Crippen LogP contribution < -0.4 is 15.5 Å². The number of benzene rings is 2. The van der Waals surface area contributed by atoms with Crippen molar-refractivity contribution in [3.05, 3.63) is 59.2 Å². The van der Waals surface area contributed by atoms with E-state index in [2.05, 4.69) is 36.3 Å². The van der Waals surface area contributed by atoms with E-state index < -0.39 is 0 Å². The van der Waals surface area contributed by atoms with Gasteiger partial charge in [0.1, 0.15) is 0 Å². The molecular weight excluding hydrogens is 414 g/mol. The van der Waals surface area contributed by atoms with Gasteiger partial charge in [-0.1, -0.05) is 32.9 Å². The third kappa shape index (κ3) is 5.74. The van der Waals surface area contributed by atoms with E-state index in [1.807, 2.05) is 36.4 Å². The van der Waals surface area contributed by atoms with Gasteiger partial charge in [-0.05, 0) is 67.0 Å². The molecule has 2 aromatic rings. The lowest BCUT2D eigenvalue weighted by Crippen LogP contribution is -2.33. The van der Waals surface area contributed by atoms with E-state index in [0.717, 1.165) is 51.1 Å². The SMILES string of the molecule is CC(C)(C)c1ccc(C(=O)Nc2ccc(N3CCCC3)c(C(=O)NCC3CCCO3)c2)cc1. The van der Waals surface area contributed by atoms with E-state index in [1.165, 1.54) is 5.56 Å². The Hall–Kier alpha value is -2.86. The van der Waals surface area contributed by atoms with E-state index in [0.29, 0.717) is 23.4 Å². The average molecular weight is 450 g/mol. The Bertz CT molecular complexity index is 983. The summed E-state index contributed by atoms with van der Waals surface area (Å²) in [6, 6.07) is 13.3. The molecule has 176 valence electrons.